The van der Waals surface area contributed by atoms with E-state index < -0.39 is 9.04 Å². The lowest BCUT2D eigenvalue weighted by molar-refractivity contribution is 0.185. The van der Waals surface area contributed by atoms with Gasteiger partial charge in [-0.15, -0.1) is 0 Å². The van der Waals surface area contributed by atoms with Crippen LogP contribution in [0.15, 0.2) is 0 Å². The van der Waals surface area contributed by atoms with Crippen molar-refractivity contribution in [1.29, 1.82) is 0 Å². The second-order valence-corrected chi connectivity index (χ2v) is 10.4. The first-order chi connectivity index (χ1) is 11.7. The van der Waals surface area contributed by atoms with Gasteiger partial charge in [0.25, 0.3) is 0 Å². The Morgan fingerprint density at radius 3 is 1.96 bits per heavy atom. The van der Waals surface area contributed by atoms with Crippen molar-refractivity contribution in [3.63, 3.8) is 0 Å². The third-order valence-electron chi connectivity index (χ3n) is 5.87. The van der Waals surface area contributed by atoms with Gasteiger partial charge in [0, 0.05) is 6.61 Å². The summed E-state index contributed by atoms with van der Waals surface area (Å²) in [5, 5.41) is 0. The Bertz CT molecular complexity index is 261. The normalized spacial score (nSPS) is 17.5. The van der Waals surface area contributed by atoms with E-state index >= 15 is 0 Å². The smallest absolute Gasteiger partial charge is 0.204 e. The van der Waals surface area contributed by atoms with Crippen molar-refractivity contribution in [2.45, 2.75) is 123 Å². The van der Waals surface area contributed by atoms with Crippen molar-refractivity contribution < 1.29 is 4.43 Å². The summed E-state index contributed by atoms with van der Waals surface area (Å²) < 4.78 is 5.96. The summed E-state index contributed by atoms with van der Waals surface area (Å²) in [5.74, 6) is 1.97. The average Bonchev–Trinajstić information content (AvgIpc) is 2.59. The lowest BCUT2D eigenvalue weighted by Crippen LogP contribution is -2.21. The van der Waals surface area contributed by atoms with Gasteiger partial charge in [0.05, 0.1) is 0 Å². The third kappa shape index (κ3) is 11.7. The lowest BCUT2D eigenvalue weighted by atomic mass is 9.76. The van der Waals surface area contributed by atoms with Crippen molar-refractivity contribution in [1.82, 2.24) is 0 Å². The molecule has 1 aliphatic carbocycles. The highest BCUT2D eigenvalue weighted by Crippen LogP contribution is 2.34. The van der Waals surface area contributed by atoms with E-state index in [0.29, 0.717) is 0 Å². The van der Waals surface area contributed by atoms with Gasteiger partial charge in [-0.3, -0.25) is 0 Å². The molecule has 0 aromatic rings. The van der Waals surface area contributed by atoms with Gasteiger partial charge in [0.15, 0.2) is 0 Å². The van der Waals surface area contributed by atoms with Crippen molar-refractivity contribution in [3.8, 4) is 0 Å². The minimum Gasteiger partial charge on any atom is -0.417 e. The predicted molar refractivity (Wildman–Crippen MR) is 110 cm³/mol. The fraction of sp³-hybridized carbons (Fsp3) is 1.00. The summed E-state index contributed by atoms with van der Waals surface area (Å²) in [4.78, 5) is 0. The van der Waals surface area contributed by atoms with Gasteiger partial charge in [0.1, 0.15) is 0 Å². The molecule has 1 unspecified atom stereocenters. The highest BCUT2D eigenvalue weighted by molar-refractivity contribution is 6.48. The minimum atomic E-state index is -0.502. The number of rotatable bonds is 15. The molecule has 0 aromatic heterocycles. The highest BCUT2D eigenvalue weighted by atomic mass is 28.3. The Balaban J connectivity index is 2.11. The van der Waals surface area contributed by atoms with E-state index in [1.807, 2.05) is 0 Å². The number of unbranched alkanes of at least 4 members (excludes halogenated alkanes) is 8. The summed E-state index contributed by atoms with van der Waals surface area (Å²) in [5.41, 5.74) is 0. The summed E-state index contributed by atoms with van der Waals surface area (Å²) in [7, 11) is -0.502. The van der Waals surface area contributed by atoms with Gasteiger partial charge in [-0.2, -0.15) is 0 Å². The van der Waals surface area contributed by atoms with Crippen molar-refractivity contribution >= 4 is 9.04 Å². The van der Waals surface area contributed by atoms with E-state index in [-0.39, 0.29) is 0 Å². The summed E-state index contributed by atoms with van der Waals surface area (Å²) >= 11 is 0. The molecule has 24 heavy (non-hydrogen) atoms. The van der Waals surface area contributed by atoms with Crippen LogP contribution in [0.4, 0.5) is 0 Å². The van der Waals surface area contributed by atoms with E-state index in [0.717, 1.165) is 18.4 Å². The molecule has 0 heterocycles. The monoisotopic (exact) mass is 353 g/mol. The molecule has 0 bridgehead atoms. The molecule has 1 aliphatic rings. The molecule has 143 valence electrons. The largest absolute Gasteiger partial charge is 0.417 e. The molecule has 0 spiro atoms. The van der Waals surface area contributed by atoms with Crippen molar-refractivity contribution in [2.24, 2.45) is 11.8 Å². The Kier molecular flexibility index (Phi) is 14.3. The number of hydrogen-bond donors (Lipinski definition) is 0. The molecule has 0 aromatic carbocycles. The van der Waals surface area contributed by atoms with Crippen LogP contribution in [-0.4, -0.2) is 15.6 Å². The van der Waals surface area contributed by atoms with E-state index in [4.69, 9.17) is 4.43 Å². The predicted octanol–water partition coefficient (Wildman–Crippen LogP) is 7.76. The molecule has 1 fully saturated rings. The summed E-state index contributed by atoms with van der Waals surface area (Å²) in [6.45, 7) is 7.86. The standard InChI is InChI=1S/C22H45OSi/c1-4-5-6-7-8-9-10-11-13-18-22(19-20-23-24(2)3)21-16-14-12-15-17-21/h21-22H,4-20H2,1-3H3. The van der Waals surface area contributed by atoms with Crippen LogP contribution in [0.1, 0.15) is 110 Å². The lowest BCUT2D eigenvalue weighted by Gasteiger charge is -2.30. The van der Waals surface area contributed by atoms with Crippen LogP contribution in [0.3, 0.4) is 0 Å². The first-order valence-electron chi connectivity index (χ1n) is 11.2. The van der Waals surface area contributed by atoms with Crippen LogP contribution in [0, 0.1) is 11.8 Å². The SMILES string of the molecule is CCCCCCCCCCCC(CCO[Si](C)C)C1CCCCC1. The van der Waals surface area contributed by atoms with E-state index in [9.17, 15) is 0 Å². The maximum absolute atomic E-state index is 5.96. The Hall–Kier alpha value is 0.177. The third-order valence-corrected chi connectivity index (χ3v) is 6.66. The first-order valence-corrected chi connectivity index (χ1v) is 13.6. The van der Waals surface area contributed by atoms with Gasteiger partial charge in [0.2, 0.25) is 9.04 Å². The molecule has 1 nitrogen and oxygen atoms in total. The van der Waals surface area contributed by atoms with Crippen LogP contribution < -0.4 is 0 Å². The molecule has 1 radical (unpaired) electrons. The topological polar surface area (TPSA) is 9.23 Å². The minimum absolute atomic E-state index is 0.502. The van der Waals surface area contributed by atoms with E-state index in [1.165, 1.54) is 103 Å². The van der Waals surface area contributed by atoms with Gasteiger partial charge >= 0.3 is 0 Å². The average molecular weight is 354 g/mol. The maximum Gasteiger partial charge on any atom is 0.204 e. The van der Waals surface area contributed by atoms with Crippen LogP contribution in [0.2, 0.25) is 13.1 Å². The second kappa shape index (κ2) is 15.4. The summed E-state index contributed by atoms with van der Waals surface area (Å²) in [6, 6.07) is 0. The zero-order chi connectivity index (χ0) is 17.5. The Labute approximate surface area is 155 Å². The first kappa shape index (κ1) is 22.2. The van der Waals surface area contributed by atoms with Gasteiger partial charge in [-0.25, -0.2) is 0 Å². The molecule has 2 heteroatoms. The fourth-order valence-corrected chi connectivity index (χ4v) is 4.88. The van der Waals surface area contributed by atoms with E-state index in [1.54, 1.807) is 0 Å². The van der Waals surface area contributed by atoms with Crippen LogP contribution in [-0.2, 0) is 4.43 Å². The van der Waals surface area contributed by atoms with Crippen molar-refractivity contribution in [3.05, 3.63) is 0 Å². The second-order valence-electron chi connectivity index (χ2n) is 8.32. The van der Waals surface area contributed by atoms with Gasteiger partial charge in [-0.1, -0.05) is 103 Å². The molecular formula is C22H45OSi. The van der Waals surface area contributed by atoms with E-state index in [2.05, 4.69) is 20.0 Å². The summed E-state index contributed by atoms with van der Waals surface area (Å²) in [6.07, 6.45) is 23.3. The Morgan fingerprint density at radius 1 is 0.792 bits per heavy atom. The molecule has 0 amide bonds. The fourth-order valence-electron chi connectivity index (χ4n) is 4.35. The maximum atomic E-state index is 5.96. The molecule has 0 N–H and O–H groups in total. The zero-order valence-corrected chi connectivity index (χ0v) is 18.1. The Morgan fingerprint density at radius 2 is 1.38 bits per heavy atom. The van der Waals surface area contributed by atoms with Crippen LogP contribution >= 0.6 is 0 Å². The zero-order valence-electron chi connectivity index (χ0n) is 17.1. The van der Waals surface area contributed by atoms with Gasteiger partial charge < -0.3 is 4.43 Å². The van der Waals surface area contributed by atoms with Crippen LogP contribution in [0.5, 0.6) is 0 Å². The molecule has 1 saturated carbocycles. The quantitative estimate of drug-likeness (QED) is 0.216. The highest BCUT2D eigenvalue weighted by Gasteiger charge is 2.23. The van der Waals surface area contributed by atoms with Crippen molar-refractivity contribution in [2.75, 3.05) is 6.61 Å². The number of hydrogen-bond acceptors (Lipinski definition) is 1. The molecule has 0 saturated heterocycles. The molecule has 0 aliphatic heterocycles. The molecule has 1 atom stereocenters. The van der Waals surface area contributed by atoms with Crippen LogP contribution in [0.25, 0.3) is 0 Å². The molecule has 1 rings (SSSR count). The van der Waals surface area contributed by atoms with Gasteiger partial charge in [-0.05, 0) is 31.4 Å². The molecular weight excluding hydrogens is 308 g/mol.